The Balaban J connectivity index is 1.45. The summed E-state index contributed by atoms with van der Waals surface area (Å²) >= 11 is 0. The molecule has 3 N–H and O–H groups in total. The predicted octanol–water partition coefficient (Wildman–Crippen LogP) is 4.58. The van der Waals surface area contributed by atoms with Crippen LogP contribution >= 0.6 is 0 Å². The normalized spacial score (nSPS) is 12.4. The molecule has 3 aromatic carbocycles. The number of aliphatic hydroxyl groups excluding tert-OH is 2. The third-order valence-corrected chi connectivity index (χ3v) is 5.67. The van der Waals surface area contributed by atoms with Crippen molar-refractivity contribution in [2.45, 2.75) is 32.4 Å². The molecule has 4 aromatic rings. The van der Waals surface area contributed by atoms with Gasteiger partial charge in [-0.15, -0.1) is 0 Å². The van der Waals surface area contributed by atoms with Crippen molar-refractivity contribution >= 4 is 16.7 Å². The van der Waals surface area contributed by atoms with Gasteiger partial charge in [-0.25, -0.2) is 4.98 Å². The molecular weight excluding hydrogens is 386 g/mol. The second kappa shape index (κ2) is 9.33. The first-order chi connectivity index (χ1) is 15.1. The number of nitrogens with zero attached hydrogens (tertiary/aromatic N) is 2. The van der Waals surface area contributed by atoms with E-state index >= 15 is 0 Å². The van der Waals surface area contributed by atoms with Crippen LogP contribution in [0.4, 0.5) is 5.69 Å². The number of aromatic nitrogens is 2. The van der Waals surface area contributed by atoms with Gasteiger partial charge >= 0.3 is 0 Å². The maximum Gasteiger partial charge on any atom is 0.107 e. The quantitative estimate of drug-likeness (QED) is 0.394. The van der Waals surface area contributed by atoms with E-state index in [-0.39, 0.29) is 25.3 Å². The number of hydrogen-bond acceptors (Lipinski definition) is 4. The molecule has 0 fully saturated rings. The lowest BCUT2D eigenvalue weighted by atomic mass is 10.0. The maximum atomic E-state index is 9.56. The Hall–Kier alpha value is -3.15. The fourth-order valence-corrected chi connectivity index (χ4v) is 4.14. The topological polar surface area (TPSA) is 70.3 Å². The molecule has 5 nitrogen and oxygen atoms in total. The number of nitrogens with one attached hydrogen (secondary N) is 1. The molecule has 31 heavy (non-hydrogen) atoms. The summed E-state index contributed by atoms with van der Waals surface area (Å²) in [6.45, 7) is 3.83. The molecule has 0 aliphatic carbocycles. The molecule has 4 rings (SSSR count). The molecule has 5 heteroatoms. The molecule has 1 aromatic heterocycles. The Labute approximate surface area is 183 Å². The van der Waals surface area contributed by atoms with Crippen LogP contribution in [0, 0.1) is 6.92 Å². The number of aryl methyl sites for hydroxylation is 1. The maximum absolute atomic E-state index is 9.56. The van der Waals surface area contributed by atoms with E-state index < -0.39 is 0 Å². The van der Waals surface area contributed by atoms with Crippen LogP contribution in [0.15, 0.2) is 72.8 Å². The number of imidazole rings is 1. The number of hydrogen-bond donors (Lipinski definition) is 3. The van der Waals surface area contributed by atoms with Gasteiger partial charge in [0, 0.05) is 11.7 Å². The molecule has 1 heterocycles. The van der Waals surface area contributed by atoms with Crippen LogP contribution in [0.25, 0.3) is 22.2 Å². The van der Waals surface area contributed by atoms with Gasteiger partial charge in [0.1, 0.15) is 5.82 Å². The number of fused-ring (bicyclic) bond motifs is 1. The molecular formula is C26H29N3O2. The van der Waals surface area contributed by atoms with Crippen molar-refractivity contribution in [3.8, 4) is 11.1 Å². The molecule has 0 bridgehead atoms. The van der Waals surface area contributed by atoms with Crippen molar-refractivity contribution in [1.82, 2.24) is 9.55 Å². The van der Waals surface area contributed by atoms with E-state index in [1.807, 2.05) is 35.8 Å². The van der Waals surface area contributed by atoms with Crippen LogP contribution in [0.5, 0.6) is 0 Å². The first kappa shape index (κ1) is 21.1. The first-order valence-electron chi connectivity index (χ1n) is 10.7. The second-order valence-corrected chi connectivity index (χ2v) is 8.06. The van der Waals surface area contributed by atoms with E-state index in [1.54, 1.807) is 0 Å². The highest BCUT2D eigenvalue weighted by atomic mass is 16.3. The van der Waals surface area contributed by atoms with E-state index in [4.69, 9.17) is 0 Å². The summed E-state index contributed by atoms with van der Waals surface area (Å²) in [6.07, 6.45) is 0.914. The van der Waals surface area contributed by atoms with E-state index in [0.29, 0.717) is 0 Å². The number of rotatable bonds is 8. The average molecular weight is 416 g/mol. The minimum atomic E-state index is -0.374. The van der Waals surface area contributed by atoms with Gasteiger partial charge in [-0.05, 0) is 55.2 Å². The second-order valence-electron chi connectivity index (χ2n) is 8.06. The molecule has 160 valence electrons. The van der Waals surface area contributed by atoms with Gasteiger partial charge in [-0.2, -0.15) is 0 Å². The summed E-state index contributed by atoms with van der Waals surface area (Å²) in [4.78, 5) is 4.62. The lowest BCUT2D eigenvalue weighted by Crippen LogP contribution is -2.19. The van der Waals surface area contributed by atoms with Crippen molar-refractivity contribution < 1.29 is 10.2 Å². The van der Waals surface area contributed by atoms with Gasteiger partial charge in [-0.1, -0.05) is 54.6 Å². The summed E-state index contributed by atoms with van der Waals surface area (Å²) in [5, 5.41) is 22.7. The standard InChI is InChI=1S/C26H29N3O2/c1-18(14-20-8-10-22(11-9-20)21-6-4-3-5-7-21)27-23-12-13-26-25(15-23)28-19(2)29(26)24(16-30)17-31/h3-13,15,18,24,27,30-31H,14,16-17H2,1-2H3. The fourth-order valence-electron chi connectivity index (χ4n) is 4.14. The molecule has 1 unspecified atom stereocenters. The smallest absolute Gasteiger partial charge is 0.107 e. The molecule has 0 spiro atoms. The molecule has 0 saturated carbocycles. The Kier molecular flexibility index (Phi) is 6.35. The summed E-state index contributed by atoms with van der Waals surface area (Å²) in [6, 6.07) is 25.1. The fraction of sp³-hybridized carbons (Fsp3) is 0.269. The minimum Gasteiger partial charge on any atom is -0.394 e. The van der Waals surface area contributed by atoms with Crippen molar-refractivity contribution in [2.75, 3.05) is 18.5 Å². The zero-order chi connectivity index (χ0) is 21.8. The van der Waals surface area contributed by atoms with E-state index in [0.717, 1.165) is 29.0 Å². The summed E-state index contributed by atoms with van der Waals surface area (Å²) in [7, 11) is 0. The van der Waals surface area contributed by atoms with Crippen LogP contribution in [0.2, 0.25) is 0 Å². The first-order valence-corrected chi connectivity index (χ1v) is 10.7. The monoisotopic (exact) mass is 415 g/mol. The van der Waals surface area contributed by atoms with Gasteiger partial charge in [-0.3, -0.25) is 0 Å². The van der Waals surface area contributed by atoms with Crippen LogP contribution in [0.3, 0.4) is 0 Å². The zero-order valence-electron chi connectivity index (χ0n) is 18.0. The van der Waals surface area contributed by atoms with Crippen LogP contribution in [-0.4, -0.2) is 39.0 Å². The highest BCUT2D eigenvalue weighted by molar-refractivity contribution is 5.80. The lowest BCUT2D eigenvalue weighted by Gasteiger charge is -2.17. The van der Waals surface area contributed by atoms with Gasteiger partial charge in [0.2, 0.25) is 0 Å². The Bertz CT molecular complexity index is 1130. The van der Waals surface area contributed by atoms with Crippen LogP contribution in [0.1, 0.15) is 24.4 Å². The average Bonchev–Trinajstić information content (AvgIpc) is 3.11. The molecule has 0 amide bonds. The molecule has 0 aliphatic heterocycles. The highest BCUT2D eigenvalue weighted by Gasteiger charge is 2.16. The Morgan fingerprint density at radius 2 is 1.58 bits per heavy atom. The minimum absolute atomic E-state index is 0.122. The highest BCUT2D eigenvalue weighted by Crippen LogP contribution is 2.25. The van der Waals surface area contributed by atoms with Crippen molar-refractivity contribution in [1.29, 1.82) is 0 Å². The molecule has 0 radical (unpaired) electrons. The third-order valence-electron chi connectivity index (χ3n) is 5.67. The van der Waals surface area contributed by atoms with E-state index in [2.05, 4.69) is 65.8 Å². The van der Waals surface area contributed by atoms with Crippen molar-refractivity contribution in [3.05, 3.63) is 84.2 Å². The summed E-state index contributed by atoms with van der Waals surface area (Å²) < 4.78 is 1.90. The SMILES string of the molecule is Cc1nc2cc(NC(C)Cc3ccc(-c4ccccc4)cc3)ccc2n1C(CO)CO. The predicted molar refractivity (Wildman–Crippen MR) is 126 cm³/mol. The summed E-state index contributed by atoms with van der Waals surface area (Å²) in [5.41, 5.74) is 6.53. The van der Waals surface area contributed by atoms with Gasteiger partial charge in [0.05, 0.1) is 30.3 Å². The molecule has 0 aliphatic rings. The largest absolute Gasteiger partial charge is 0.394 e. The van der Waals surface area contributed by atoms with Gasteiger partial charge in [0.25, 0.3) is 0 Å². The van der Waals surface area contributed by atoms with Gasteiger partial charge < -0.3 is 20.1 Å². The van der Waals surface area contributed by atoms with Gasteiger partial charge in [0.15, 0.2) is 0 Å². The lowest BCUT2D eigenvalue weighted by molar-refractivity contribution is 0.155. The van der Waals surface area contributed by atoms with E-state index in [1.165, 1.54) is 16.7 Å². The molecule has 1 atom stereocenters. The van der Waals surface area contributed by atoms with Crippen molar-refractivity contribution in [2.24, 2.45) is 0 Å². The third kappa shape index (κ3) is 4.63. The van der Waals surface area contributed by atoms with E-state index in [9.17, 15) is 10.2 Å². The number of anilines is 1. The molecule has 0 saturated heterocycles. The Morgan fingerprint density at radius 1 is 0.903 bits per heavy atom. The zero-order valence-corrected chi connectivity index (χ0v) is 18.0. The van der Waals surface area contributed by atoms with Crippen molar-refractivity contribution in [3.63, 3.8) is 0 Å². The number of aliphatic hydroxyl groups is 2. The van der Waals surface area contributed by atoms with Crippen LogP contribution < -0.4 is 5.32 Å². The number of benzene rings is 3. The van der Waals surface area contributed by atoms with Crippen LogP contribution in [-0.2, 0) is 6.42 Å². The Morgan fingerprint density at radius 3 is 2.26 bits per heavy atom. The summed E-state index contributed by atoms with van der Waals surface area (Å²) in [5.74, 6) is 0.784.